The minimum absolute atomic E-state index is 0.0576. The van der Waals surface area contributed by atoms with Gasteiger partial charge in [-0.15, -0.1) is 0 Å². The van der Waals surface area contributed by atoms with E-state index in [4.69, 9.17) is 10.5 Å². The minimum Gasteiger partial charge on any atom is -0.384 e. The van der Waals surface area contributed by atoms with Crippen LogP contribution in [-0.2, 0) is 4.74 Å². The Balaban J connectivity index is 2.28. The number of rotatable bonds is 1. The van der Waals surface area contributed by atoms with Gasteiger partial charge in [-0.2, -0.15) is 0 Å². The van der Waals surface area contributed by atoms with E-state index in [9.17, 15) is 0 Å². The van der Waals surface area contributed by atoms with Gasteiger partial charge in [0.15, 0.2) is 5.82 Å². The van der Waals surface area contributed by atoms with Crippen molar-refractivity contribution in [2.75, 3.05) is 12.3 Å². The zero-order chi connectivity index (χ0) is 9.26. The Morgan fingerprint density at radius 3 is 3.00 bits per heavy atom. The fourth-order valence-electron chi connectivity index (χ4n) is 1.54. The number of hydrogen-bond acceptors (Lipinski definition) is 4. The molecule has 2 rings (SSSR count). The molecule has 0 radical (unpaired) electrons. The average Bonchev–Trinajstić information content (AvgIpc) is 2.53. The highest BCUT2D eigenvalue weighted by atomic mass is 16.5. The average molecular weight is 179 g/mol. The first-order chi connectivity index (χ1) is 6.25. The molecule has 1 aliphatic rings. The van der Waals surface area contributed by atoms with Crippen LogP contribution in [-0.4, -0.2) is 16.6 Å². The van der Waals surface area contributed by atoms with Crippen LogP contribution in [0.25, 0.3) is 0 Å². The lowest BCUT2D eigenvalue weighted by molar-refractivity contribution is 0.105. The van der Waals surface area contributed by atoms with Crippen molar-refractivity contribution in [3.05, 3.63) is 17.6 Å². The molecule has 1 aliphatic heterocycles. The second kappa shape index (κ2) is 3.30. The van der Waals surface area contributed by atoms with Crippen molar-refractivity contribution in [3.63, 3.8) is 0 Å². The summed E-state index contributed by atoms with van der Waals surface area (Å²) in [5, 5.41) is 0. The Morgan fingerprint density at radius 1 is 1.54 bits per heavy atom. The van der Waals surface area contributed by atoms with Gasteiger partial charge in [0.1, 0.15) is 11.9 Å². The van der Waals surface area contributed by atoms with Crippen molar-refractivity contribution in [2.45, 2.75) is 25.9 Å². The number of nitrogens with zero attached hydrogens (tertiary/aromatic N) is 2. The van der Waals surface area contributed by atoms with E-state index >= 15 is 0 Å². The number of anilines is 1. The molecule has 0 spiro atoms. The van der Waals surface area contributed by atoms with Gasteiger partial charge in [-0.3, -0.25) is 0 Å². The van der Waals surface area contributed by atoms with Crippen LogP contribution < -0.4 is 5.73 Å². The molecule has 70 valence electrons. The first-order valence-electron chi connectivity index (χ1n) is 4.48. The van der Waals surface area contributed by atoms with Gasteiger partial charge in [-0.25, -0.2) is 9.97 Å². The Morgan fingerprint density at radius 2 is 2.38 bits per heavy atom. The van der Waals surface area contributed by atoms with Gasteiger partial charge in [-0.1, -0.05) is 0 Å². The lowest BCUT2D eigenvalue weighted by Crippen LogP contribution is -2.06. The fourth-order valence-corrected chi connectivity index (χ4v) is 1.54. The van der Waals surface area contributed by atoms with E-state index in [1.165, 1.54) is 0 Å². The maximum atomic E-state index is 5.62. The number of aromatic nitrogens is 2. The fraction of sp³-hybridized carbons (Fsp3) is 0.556. The molecule has 1 aromatic heterocycles. The maximum Gasteiger partial charge on any atom is 0.159 e. The van der Waals surface area contributed by atoms with Crippen molar-refractivity contribution in [1.29, 1.82) is 0 Å². The molecule has 0 aromatic carbocycles. The smallest absolute Gasteiger partial charge is 0.159 e. The van der Waals surface area contributed by atoms with E-state index < -0.39 is 0 Å². The number of nitrogens with two attached hydrogens (primary N) is 1. The molecular weight excluding hydrogens is 166 g/mol. The molecule has 1 aromatic rings. The third-order valence-corrected chi connectivity index (χ3v) is 2.11. The summed E-state index contributed by atoms with van der Waals surface area (Å²) in [5.41, 5.74) is 6.52. The number of hydrogen-bond donors (Lipinski definition) is 1. The van der Waals surface area contributed by atoms with E-state index in [1.807, 2.05) is 6.92 Å². The molecule has 1 atom stereocenters. The van der Waals surface area contributed by atoms with Crippen molar-refractivity contribution < 1.29 is 4.74 Å². The molecule has 0 amide bonds. The van der Waals surface area contributed by atoms with Crippen molar-refractivity contribution >= 4 is 5.82 Å². The quantitative estimate of drug-likeness (QED) is 0.704. The largest absolute Gasteiger partial charge is 0.384 e. The molecule has 0 aliphatic carbocycles. The molecule has 0 bridgehead atoms. The van der Waals surface area contributed by atoms with Gasteiger partial charge in [0, 0.05) is 18.4 Å². The lowest BCUT2D eigenvalue weighted by Gasteiger charge is -2.08. The number of aryl methyl sites for hydroxylation is 1. The Hall–Kier alpha value is -1.16. The Labute approximate surface area is 77.1 Å². The van der Waals surface area contributed by atoms with Crippen LogP contribution in [0.15, 0.2) is 6.07 Å². The standard InChI is InChI=1S/C9H13N3O/c1-6-5-8(10)12-9(11-6)7-3-2-4-13-7/h5,7H,2-4H2,1H3,(H2,10,11,12). The summed E-state index contributed by atoms with van der Waals surface area (Å²) in [7, 11) is 0. The first-order valence-corrected chi connectivity index (χ1v) is 4.48. The molecule has 1 fully saturated rings. The normalized spacial score (nSPS) is 22.1. The molecule has 1 saturated heterocycles. The SMILES string of the molecule is Cc1cc(N)nc(C2CCCO2)n1. The van der Waals surface area contributed by atoms with Gasteiger partial charge in [0.25, 0.3) is 0 Å². The van der Waals surface area contributed by atoms with Crippen LogP contribution >= 0.6 is 0 Å². The van der Waals surface area contributed by atoms with Gasteiger partial charge in [-0.05, 0) is 19.8 Å². The molecule has 4 heteroatoms. The molecule has 2 N–H and O–H groups in total. The van der Waals surface area contributed by atoms with Crippen LogP contribution in [0.5, 0.6) is 0 Å². The molecule has 4 nitrogen and oxygen atoms in total. The zero-order valence-corrected chi connectivity index (χ0v) is 7.66. The van der Waals surface area contributed by atoms with E-state index in [0.717, 1.165) is 31.0 Å². The summed E-state index contributed by atoms with van der Waals surface area (Å²) in [5.74, 6) is 1.26. The topological polar surface area (TPSA) is 61.0 Å². The van der Waals surface area contributed by atoms with Crippen LogP contribution in [0.3, 0.4) is 0 Å². The maximum absolute atomic E-state index is 5.62. The van der Waals surface area contributed by atoms with Gasteiger partial charge in [0.05, 0.1) is 0 Å². The Kier molecular flexibility index (Phi) is 2.14. The summed E-state index contributed by atoms with van der Waals surface area (Å²) < 4.78 is 5.47. The van der Waals surface area contributed by atoms with Gasteiger partial charge >= 0.3 is 0 Å². The van der Waals surface area contributed by atoms with E-state index in [2.05, 4.69) is 9.97 Å². The third kappa shape index (κ3) is 1.78. The lowest BCUT2D eigenvalue weighted by atomic mass is 10.2. The van der Waals surface area contributed by atoms with Crippen LogP contribution in [0.2, 0.25) is 0 Å². The summed E-state index contributed by atoms with van der Waals surface area (Å²) in [6.07, 6.45) is 2.15. The summed E-state index contributed by atoms with van der Waals surface area (Å²) in [6, 6.07) is 1.76. The minimum atomic E-state index is 0.0576. The predicted octanol–water partition coefficient (Wildman–Crippen LogP) is 1.22. The zero-order valence-electron chi connectivity index (χ0n) is 7.66. The van der Waals surface area contributed by atoms with Crippen molar-refractivity contribution in [2.24, 2.45) is 0 Å². The summed E-state index contributed by atoms with van der Waals surface area (Å²) >= 11 is 0. The summed E-state index contributed by atoms with van der Waals surface area (Å²) in [4.78, 5) is 8.46. The highest BCUT2D eigenvalue weighted by molar-refractivity contribution is 5.29. The van der Waals surface area contributed by atoms with Gasteiger partial charge in [0.2, 0.25) is 0 Å². The van der Waals surface area contributed by atoms with E-state index in [-0.39, 0.29) is 6.10 Å². The molecule has 0 saturated carbocycles. The third-order valence-electron chi connectivity index (χ3n) is 2.11. The molecular formula is C9H13N3O. The molecule has 1 unspecified atom stereocenters. The highest BCUT2D eigenvalue weighted by Gasteiger charge is 2.20. The Bertz CT molecular complexity index is 287. The predicted molar refractivity (Wildman–Crippen MR) is 49.1 cm³/mol. The van der Waals surface area contributed by atoms with E-state index in [0.29, 0.717) is 5.82 Å². The monoisotopic (exact) mass is 179 g/mol. The van der Waals surface area contributed by atoms with Crippen LogP contribution in [0.4, 0.5) is 5.82 Å². The van der Waals surface area contributed by atoms with Gasteiger partial charge < -0.3 is 10.5 Å². The second-order valence-electron chi connectivity index (χ2n) is 3.29. The highest BCUT2D eigenvalue weighted by Crippen LogP contribution is 2.26. The molecule has 2 heterocycles. The number of ether oxygens (including phenoxy) is 1. The number of nitrogen functional groups attached to an aromatic ring is 1. The summed E-state index contributed by atoms with van der Waals surface area (Å²) in [6.45, 7) is 2.72. The first kappa shape index (κ1) is 8.44. The van der Waals surface area contributed by atoms with Crippen LogP contribution in [0, 0.1) is 6.92 Å². The molecule has 13 heavy (non-hydrogen) atoms. The van der Waals surface area contributed by atoms with E-state index in [1.54, 1.807) is 6.07 Å². The van der Waals surface area contributed by atoms with Crippen molar-refractivity contribution in [3.8, 4) is 0 Å². The van der Waals surface area contributed by atoms with Crippen LogP contribution in [0.1, 0.15) is 30.5 Å². The van der Waals surface area contributed by atoms with Crippen molar-refractivity contribution in [1.82, 2.24) is 9.97 Å². The second-order valence-corrected chi connectivity index (χ2v) is 3.29.